The molecule has 0 spiro atoms. The summed E-state index contributed by atoms with van der Waals surface area (Å²) >= 11 is 6.09. The van der Waals surface area contributed by atoms with E-state index in [1.807, 2.05) is 6.92 Å². The summed E-state index contributed by atoms with van der Waals surface area (Å²) in [5.74, 6) is 0.325. The second-order valence-electron chi connectivity index (χ2n) is 5.79. The molecule has 0 bridgehead atoms. The van der Waals surface area contributed by atoms with Crippen molar-refractivity contribution >= 4 is 11.6 Å². The molecule has 2 aromatic rings. The van der Waals surface area contributed by atoms with Gasteiger partial charge in [0.05, 0.1) is 11.9 Å². The van der Waals surface area contributed by atoms with Gasteiger partial charge in [0.2, 0.25) is 5.88 Å². The highest BCUT2D eigenvalue weighted by Gasteiger charge is 2.22. The fourth-order valence-corrected chi connectivity index (χ4v) is 2.98. The van der Waals surface area contributed by atoms with Gasteiger partial charge in [-0.05, 0) is 31.9 Å². The summed E-state index contributed by atoms with van der Waals surface area (Å²) in [6.07, 6.45) is 5.22. The number of rotatable bonds is 4. The first-order chi connectivity index (χ1) is 11.1. The van der Waals surface area contributed by atoms with E-state index in [-0.39, 0.29) is 11.9 Å². The number of ether oxygens (including phenoxy) is 1. The Balaban J connectivity index is 1.54. The molecule has 1 saturated heterocycles. The summed E-state index contributed by atoms with van der Waals surface area (Å²) in [5.41, 5.74) is 1.41. The van der Waals surface area contributed by atoms with Crippen LogP contribution in [0.5, 0.6) is 5.88 Å². The van der Waals surface area contributed by atoms with Gasteiger partial charge in [0.15, 0.2) is 0 Å². The van der Waals surface area contributed by atoms with Crippen LogP contribution >= 0.6 is 11.6 Å². The zero-order valence-electron chi connectivity index (χ0n) is 13.0. The molecule has 1 aliphatic heterocycles. The predicted molar refractivity (Wildman–Crippen MR) is 87.1 cm³/mol. The van der Waals surface area contributed by atoms with Crippen LogP contribution in [0.3, 0.4) is 0 Å². The van der Waals surface area contributed by atoms with Crippen molar-refractivity contribution in [1.29, 1.82) is 0 Å². The van der Waals surface area contributed by atoms with Crippen LogP contribution in [0.1, 0.15) is 24.1 Å². The van der Waals surface area contributed by atoms with E-state index in [0.717, 1.165) is 31.6 Å². The molecule has 0 radical (unpaired) electrons. The SMILES string of the molecule is Cc1cncc(OC2CCN(Cc3c(F)cccc3Cl)CC2)n1. The Morgan fingerprint density at radius 3 is 2.78 bits per heavy atom. The molecule has 1 fully saturated rings. The van der Waals surface area contributed by atoms with Crippen LogP contribution < -0.4 is 4.74 Å². The lowest BCUT2D eigenvalue weighted by atomic mass is 10.1. The Morgan fingerprint density at radius 1 is 1.30 bits per heavy atom. The highest BCUT2D eigenvalue weighted by atomic mass is 35.5. The first-order valence-electron chi connectivity index (χ1n) is 7.72. The zero-order chi connectivity index (χ0) is 16.2. The monoisotopic (exact) mass is 335 g/mol. The Kier molecular flexibility index (Phi) is 5.08. The first kappa shape index (κ1) is 16.1. The fraction of sp³-hybridized carbons (Fsp3) is 0.412. The van der Waals surface area contributed by atoms with Gasteiger partial charge >= 0.3 is 0 Å². The van der Waals surface area contributed by atoms with Crippen molar-refractivity contribution in [3.05, 3.63) is 52.7 Å². The second-order valence-corrected chi connectivity index (χ2v) is 6.20. The molecule has 4 nitrogen and oxygen atoms in total. The molecule has 0 aliphatic carbocycles. The molecular formula is C17H19ClFN3O. The van der Waals surface area contributed by atoms with Crippen molar-refractivity contribution in [2.75, 3.05) is 13.1 Å². The average Bonchev–Trinajstić information content (AvgIpc) is 2.53. The van der Waals surface area contributed by atoms with Crippen LogP contribution in [0, 0.1) is 12.7 Å². The number of hydrogen-bond donors (Lipinski definition) is 0. The van der Waals surface area contributed by atoms with Gasteiger partial charge in [0.25, 0.3) is 0 Å². The minimum atomic E-state index is -0.245. The molecule has 23 heavy (non-hydrogen) atoms. The number of hydrogen-bond acceptors (Lipinski definition) is 4. The smallest absolute Gasteiger partial charge is 0.232 e. The van der Waals surface area contributed by atoms with Gasteiger partial charge in [0.1, 0.15) is 11.9 Å². The average molecular weight is 336 g/mol. The van der Waals surface area contributed by atoms with E-state index in [1.54, 1.807) is 24.5 Å². The minimum absolute atomic E-state index is 0.124. The molecule has 1 aromatic heterocycles. The highest BCUT2D eigenvalue weighted by molar-refractivity contribution is 6.31. The molecule has 0 N–H and O–H groups in total. The molecule has 3 rings (SSSR count). The third-order valence-electron chi connectivity index (χ3n) is 4.00. The number of benzene rings is 1. The molecule has 1 aliphatic rings. The Labute approximate surface area is 140 Å². The summed E-state index contributed by atoms with van der Waals surface area (Å²) in [4.78, 5) is 10.6. The third-order valence-corrected chi connectivity index (χ3v) is 4.35. The van der Waals surface area contributed by atoms with Crippen LogP contribution in [-0.4, -0.2) is 34.1 Å². The second kappa shape index (κ2) is 7.23. The maximum absolute atomic E-state index is 13.9. The number of halogens is 2. The number of piperidine rings is 1. The van der Waals surface area contributed by atoms with E-state index in [4.69, 9.17) is 16.3 Å². The summed E-state index contributed by atoms with van der Waals surface area (Å²) in [6, 6.07) is 4.81. The summed E-state index contributed by atoms with van der Waals surface area (Å²) in [7, 11) is 0. The summed E-state index contributed by atoms with van der Waals surface area (Å²) < 4.78 is 19.7. The van der Waals surface area contributed by atoms with Crippen LogP contribution in [0.4, 0.5) is 4.39 Å². The van der Waals surface area contributed by atoms with Crippen molar-refractivity contribution in [2.24, 2.45) is 0 Å². The minimum Gasteiger partial charge on any atom is -0.473 e. The van der Waals surface area contributed by atoms with Gasteiger partial charge < -0.3 is 4.74 Å². The third kappa shape index (κ3) is 4.18. The maximum Gasteiger partial charge on any atom is 0.232 e. The first-order valence-corrected chi connectivity index (χ1v) is 8.10. The predicted octanol–water partition coefficient (Wildman–Crippen LogP) is 3.62. The van der Waals surface area contributed by atoms with Crippen molar-refractivity contribution < 1.29 is 9.13 Å². The number of likely N-dealkylation sites (tertiary alicyclic amines) is 1. The Morgan fingerprint density at radius 2 is 2.09 bits per heavy atom. The Hall–Kier alpha value is -1.72. The molecule has 122 valence electrons. The standard InChI is InChI=1S/C17H19ClFN3O/c1-12-9-20-10-17(21-12)23-13-5-7-22(8-6-13)11-14-15(18)3-2-4-16(14)19/h2-4,9-10,13H,5-8,11H2,1H3. The van der Waals surface area contributed by atoms with Crippen LogP contribution in [0.15, 0.2) is 30.6 Å². The highest BCUT2D eigenvalue weighted by Crippen LogP contribution is 2.23. The van der Waals surface area contributed by atoms with E-state index >= 15 is 0 Å². The molecule has 6 heteroatoms. The van der Waals surface area contributed by atoms with Crippen LogP contribution in [-0.2, 0) is 6.54 Å². The van der Waals surface area contributed by atoms with Crippen LogP contribution in [0.2, 0.25) is 5.02 Å². The van der Waals surface area contributed by atoms with Gasteiger partial charge in [-0.3, -0.25) is 9.88 Å². The molecule has 1 aromatic carbocycles. The molecule has 0 saturated carbocycles. The van der Waals surface area contributed by atoms with E-state index in [9.17, 15) is 4.39 Å². The summed E-state index contributed by atoms with van der Waals surface area (Å²) in [6.45, 7) is 4.10. The van der Waals surface area contributed by atoms with Crippen molar-refractivity contribution in [3.63, 3.8) is 0 Å². The number of nitrogens with zero attached hydrogens (tertiary/aromatic N) is 3. The number of aryl methyl sites for hydroxylation is 1. The van der Waals surface area contributed by atoms with E-state index < -0.39 is 0 Å². The lowest BCUT2D eigenvalue weighted by Gasteiger charge is -2.32. The molecule has 0 atom stereocenters. The maximum atomic E-state index is 13.9. The van der Waals surface area contributed by atoms with Crippen LogP contribution in [0.25, 0.3) is 0 Å². The Bertz CT molecular complexity index is 654. The topological polar surface area (TPSA) is 38.2 Å². The zero-order valence-corrected chi connectivity index (χ0v) is 13.8. The van der Waals surface area contributed by atoms with Gasteiger partial charge in [-0.25, -0.2) is 9.37 Å². The quantitative estimate of drug-likeness (QED) is 0.855. The fourth-order valence-electron chi connectivity index (χ4n) is 2.76. The largest absolute Gasteiger partial charge is 0.473 e. The van der Waals surface area contributed by atoms with Gasteiger partial charge in [-0.2, -0.15) is 0 Å². The van der Waals surface area contributed by atoms with Gasteiger partial charge in [-0.15, -0.1) is 0 Å². The van der Waals surface area contributed by atoms with Gasteiger partial charge in [-0.1, -0.05) is 17.7 Å². The van der Waals surface area contributed by atoms with Crippen molar-refractivity contribution in [2.45, 2.75) is 32.4 Å². The van der Waals surface area contributed by atoms with Crippen molar-refractivity contribution in [3.8, 4) is 5.88 Å². The van der Waals surface area contributed by atoms with E-state index in [2.05, 4.69) is 14.9 Å². The lowest BCUT2D eigenvalue weighted by molar-refractivity contribution is 0.0922. The van der Waals surface area contributed by atoms with Crippen molar-refractivity contribution in [1.82, 2.24) is 14.9 Å². The van der Waals surface area contributed by atoms with E-state index in [0.29, 0.717) is 23.0 Å². The normalized spacial score (nSPS) is 16.5. The molecule has 0 amide bonds. The molecule has 2 heterocycles. The lowest BCUT2D eigenvalue weighted by Crippen LogP contribution is -2.38. The van der Waals surface area contributed by atoms with E-state index in [1.165, 1.54) is 6.07 Å². The number of aromatic nitrogens is 2. The molecule has 0 unspecified atom stereocenters. The summed E-state index contributed by atoms with van der Waals surface area (Å²) in [5, 5.41) is 0.485. The van der Waals surface area contributed by atoms with Gasteiger partial charge in [0, 0.05) is 36.4 Å². The molecular weight excluding hydrogens is 317 g/mol.